The van der Waals surface area contributed by atoms with Gasteiger partial charge in [-0.25, -0.2) is 12.8 Å². The van der Waals surface area contributed by atoms with Crippen LogP contribution in [0.5, 0.6) is 0 Å². The first kappa shape index (κ1) is 7.23. The van der Waals surface area contributed by atoms with Gasteiger partial charge in [0.1, 0.15) is 0 Å². The predicted octanol–water partition coefficient (Wildman–Crippen LogP) is 0.606. The zero-order valence-corrected chi connectivity index (χ0v) is 5.35. The first-order valence-electron chi connectivity index (χ1n) is 1.46. The summed E-state index contributed by atoms with van der Waals surface area (Å²) in [7, 11) is -2.88. The van der Waals surface area contributed by atoms with Crippen LogP contribution in [-0.2, 0) is 8.87 Å². The van der Waals surface area contributed by atoms with Crippen LogP contribution in [0, 0.1) is 0 Å². The minimum Gasteiger partial charge on any atom is -0.233 e. The van der Waals surface area contributed by atoms with Crippen molar-refractivity contribution in [3.05, 3.63) is 0 Å². The van der Waals surface area contributed by atoms with Crippen LogP contribution in [0.15, 0.2) is 0 Å². The highest BCUT2D eigenvalue weighted by molar-refractivity contribution is 8.71. The molecule has 0 heterocycles. The Kier molecular flexibility index (Phi) is 2.60. The Labute approximate surface area is 45.4 Å². The van der Waals surface area contributed by atoms with Crippen molar-refractivity contribution in [3.8, 4) is 0 Å². The van der Waals surface area contributed by atoms with Gasteiger partial charge in [-0.3, -0.25) is 0 Å². The lowest BCUT2D eigenvalue weighted by Gasteiger charge is -1.85. The smallest absolute Gasteiger partial charge is 0.230 e. The van der Waals surface area contributed by atoms with E-state index in [1.165, 1.54) is 6.26 Å². The molecule has 0 atom stereocenters. The largest absolute Gasteiger partial charge is 0.233 e. The van der Waals surface area contributed by atoms with E-state index in [4.69, 9.17) is 0 Å². The lowest BCUT2D eigenvalue weighted by molar-refractivity contribution is 0.546. The molecule has 0 unspecified atom stereocenters. The third-order valence-electron chi connectivity index (χ3n) is 0.388. The molecule has 0 spiro atoms. The first-order chi connectivity index (χ1) is 3.12. The normalized spacial score (nSPS) is 11.7. The van der Waals surface area contributed by atoms with E-state index in [0.717, 1.165) is 0 Å². The van der Waals surface area contributed by atoms with E-state index in [1.807, 2.05) is 0 Å². The van der Waals surface area contributed by atoms with Crippen molar-refractivity contribution in [3.63, 3.8) is 0 Å². The fourth-order valence-electron chi connectivity index (χ4n) is 0.0445. The molecule has 0 N–H and O–H groups in total. The highest BCUT2D eigenvalue weighted by Crippen LogP contribution is 2.06. The van der Waals surface area contributed by atoms with Gasteiger partial charge in [0.2, 0.25) is 14.9 Å². The molecular formula is C2H5FO2S2. The highest BCUT2D eigenvalue weighted by atomic mass is 33.1. The predicted molar refractivity (Wildman–Crippen MR) is 28.4 cm³/mol. The van der Waals surface area contributed by atoms with Gasteiger partial charge >= 0.3 is 0 Å². The minimum atomic E-state index is -3.41. The van der Waals surface area contributed by atoms with Crippen molar-refractivity contribution in [2.24, 2.45) is 0 Å². The molecule has 0 aliphatic heterocycles. The second kappa shape index (κ2) is 2.52. The van der Waals surface area contributed by atoms with Gasteiger partial charge in [0.05, 0.1) is 0 Å². The zero-order valence-electron chi connectivity index (χ0n) is 3.72. The molecule has 2 nitrogen and oxygen atoms in total. The summed E-state index contributed by atoms with van der Waals surface area (Å²) in [4.78, 5) is 0. The molecule has 0 radical (unpaired) electrons. The van der Waals surface area contributed by atoms with Crippen molar-refractivity contribution in [2.45, 2.75) is 0 Å². The van der Waals surface area contributed by atoms with Gasteiger partial charge < -0.3 is 0 Å². The summed E-state index contributed by atoms with van der Waals surface area (Å²) in [5.74, 6) is 0. The van der Waals surface area contributed by atoms with Crippen molar-refractivity contribution in [2.75, 3.05) is 12.3 Å². The van der Waals surface area contributed by atoms with E-state index in [1.54, 1.807) is 0 Å². The Bertz CT molecular complexity index is 117. The molecule has 0 rings (SSSR count). The highest BCUT2D eigenvalue weighted by Gasteiger charge is 2.03. The average Bonchev–Trinajstić information content (AvgIpc) is 1.68. The van der Waals surface area contributed by atoms with E-state index in [0.29, 0.717) is 10.8 Å². The topological polar surface area (TPSA) is 34.1 Å². The first-order valence-corrected chi connectivity index (χ1v) is 4.86. The van der Waals surface area contributed by atoms with Crippen LogP contribution in [0.2, 0.25) is 0 Å². The van der Waals surface area contributed by atoms with Crippen LogP contribution in [0.25, 0.3) is 0 Å². The molecule has 5 heteroatoms. The van der Waals surface area contributed by atoms with Crippen LogP contribution < -0.4 is 0 Å². The SMILES string of the molecule is CSS(=O)(=O)CF. The minimum absolute atomic E-state index is 0.524. The molecule has 0 saturated carbocycles. The molecule has 0 aromatic carbocycles. The van der Waals surface area contributed by atoms with Gasteiger partial charge in [0.25, 0.3) is 0 Å². The summed E-state index contributed by atoms with van der Waals surface area (Å²) in [6, 6.07) is -1.27. The van der Waals surface area contributed by atoms with Crippen LogP contribution >= 0.6 is 10.8 Å². The second-order valence-electron chi connectivity index (χ2n) is 0.833. The summed E-state index contributed by atoms with van der Waals surface area (Å²) in [6.45, 7) is 0. The van der Waals surface area contributed by atoms with Gasteiger partial charge in [0.15, 0.2) is 0 Å². The van der Waals surface area contributed by atoms with E-state index < -0.39 is 14.9 Å². The van der Waals surface area contributed by atoms with E-state index in [-0.39, 0.29) is 0 Å². The summed E-state index contributed by atoms with van der Waals surface area (Å²) < 4.78 is 31.1. The number of alkyl halides is 1. The fourth-order valence-corrected chi connectivity index (χ4v) is 0.401. The molecule has 0 aromatic heterocycles. The molecule has 0 bridgehead atoms. The van der Waals surface area contributed by atoms with Crippen molar-refractivity contribution < 1.29 is 12.8 Å². The maximum atomic E-state index is 11.2. The average molecular weight is 144 g/mol. The van der Waals surface area contributed by atoms with Crippen LogP contribution in [0.4, 0.5) is 4.39 Å². The van der Waals surface area contributed by atoms with Crippen molar-refractivity contribution in [1.29, 1.82) is 0 Å². The zero-order chi connectivity index (χ0) is 5.91. The molecular weight excluding hydrogens is 139 g/mol. The summed E-state index contributed by atoms with van der Waals surface area (Å²) in [5, 5.41) is 0. The van der Waals surface area contributed by atoms with E-state index >= 15 is 0 Å². The molecule has 0 fully saturated rings. The number of hydrogen-bond donors (Lipinski definition) is 0. The molecule has 0 amide bonds. The second-order valence-corrected chi connectivity index (χ2v) is 5.02. The lowest BCUT2D eigenvalue weighted by Crippen LogP contribution is -1.92. The molecule has 0 aliphatic rings. The van der Waals surface area contributed by atoms with Gasteiger partial charge in [-0.1, -0.05) is 0 Å². The third-order valence-corrected chi connectivity index (χ3v) is 2.95. The molecule has 7 heavy (non-hydrogen) atoms. The van der Waals surface area contributed by atoms with Crippen LogP contribution in [0.1, 0.15) is 0 Å². The van der Waals surface area contributed by atoms with Crippen LogP contribution in [0.3, 0.4) is 0 Å². The Morgan fingerprint density at radius 3 is 2.14 bits per heavy atom. The third kappa shape index (κ3) is 2.87. The summed E-state index contributed by atoms with van der Waals surface area (Å²) in [5.41, 5.74) is 0. The lowest BCUT2D eigenvalue weighted by atomic mass is 11.8. The summed E-state index contributed by atoms with van der Waals surface area (Å²) >= 11 is 0. The number of hydrogen-bond acceptors (Lipinski definition) is 3. The quantitative estimate of drug-likeness (QED) is 0.532. The molecule has 0 aliphatic carbocycles. The Hall–Kier alpha value is 0.230. The van der Waals surface area contributed by atoms with Crippen molar-refractivity contribution in [1.82, 2.24) is 0 Å². The number of rotatable bonds is 2. The van der Waals surface area contributed by atoms with Crippen LogP contribution in [-0.4, -0.2) is 20.7 Å². The van der Waals surface area contributed by atoms with Gasteiger partial charge in [-0.05, 0) is 17.0 Å². The van der Waals surface area contributed by atoms with Gasteiger partial charge in [0, 0.05) is 0 Å². The monoisotopic (exact) mass is 144 g/mol. The molecule has 0 saturated heterocycles. The maximum absolute atomic E-state index is 11.2. The summed E-state index contributed by atoms with van der Waals surface area (Å²) in [6.07, 6.45) is 1.33. The fraction of sp³-hybridized carbons (Fsp3) is 1.00. The van der Waals surface area contributed by atoms with E-state index in [9.17, 15) is 12.8 Å². The van der Waals surface area contributed by atoms with Crippen molar-refractivity contribution >= 4 is 19.7 Å². The number of halogens is 1. The van der Waals surface area contributed by atoms with Gasteiger partial charge in [-0.2, -0.15) is 0 Å². The maximum Gasteiger partial charge on any atom is 0.230 e. The Morgan fingerprint density at radius 1 is 1.71 bits per heavy atom. The van der Waals surface area contributed by atoms with E-state index in [2.05, 4.69) is 0 Å². The standard InChI is InChI=1S/C2H5FO2S2/c1-6-7(4,5)2-3/h2H2,1H3. The van der Waals surface area contributed by atoms with Gasteiger partial charge in [-0.15, -0.1) is 0 Å². The Morgan fingerprint density at radius 2 is 2.14 bits per heavy atom. The Balaban J connectivity index is 3.89. The molecule has 44 valence electrons. The molecule has 0 aromatic rings.